The van der Waals surface area contributed by atoms with Gasteiger partial charge < -0.3 is 10.6 Å². The quantitative estimate of drug-likeness (QED) is 0.616. The van der Waals surface area contributed by atoms with Crippen molar-refractivity contribution in [2.45, 2.75) is 19.6 Å². The standard InChI is InChI=1S/C14H22N2S2/c1-3-16(4-2)8-9-17-12-14-10-13(11-18-14)6-5-7-15/h10-11H,3-4,7-9,12,15H2,1-2H3. The molecule has 1 heterocycles. The van der Waals surface area contributed by atoms with E-state index >= 15 is 0 Å². The first-order chi connectivity index (χ1) is 8.80. The number of nitrogens with two attached hydrogens (primary N) is 1. The normalized spacial score (nSPS) is 10.4. The molecular formula is C14H22N2S2. The molecular weight excluding hydrogens is 260 g/mol. The van der Waals surface area contributed by atoms with E-state index in [1.807, 2.05) is 11.8 Å². The number of thioether (sulfide) groups is 1. The number of hydrogen-bond acceptors (Lipinski definition) is 4. The summed E-state index contributed by atoms with van der Waals surface area (Å²) < 4.78 is 0. The predicted octanol–water partition coefficient (Wildman–Crippen LogP) is 2.63. The van der Waals surface area contributed by atoms with E-state index < -0.39 is 0 Å². The van der Waals surface area contributed by atoms with Crippen LogP contribution >= 0.6 is 23.1 Å². The van der Waals surface area contributed by atoms with Gasteiger partial charge in [0.2, 0.25) is 0 Å². The molecule has 0 unspecified atom stereocenters. The highest BCUT2D eigenvalue weighted by molar-refractivity contribution is 7.98. The molecule has 0 aliphatic heterocycles. The second-order valence-electron chi connectivity index (χ2n) is 3.89. The first kappa shape index (κ1) is 15.6. The van der Waals surface area contributed by atoms with Gasteiger partial charge in [0.15, 0.2) is 0 Å². The molecule has 2 nitrogen and oxygen atoms in total. The third-order valence-electron chi connectivity index (χ3n) is 2.68. The Morgan fingerprint density at radius 2 is 2.17 bits per heavy atom. The number of thiophene rings is 1. The van der Waals surface area contributed by atoms with Crippen molar-refractivity contribution in [1.82, 2.24) is 4.90 Å². The summed E-state index contributed by atoms with van der Waals surface area (Å²) in [6.45, 7) is 8.35. The van der Waals surface area contributed by atoms with E-state index in [4.69, 9.17) is 5.73 Å². The largest absolute Gasteiger partial charge is 0.320 e. The van der Waals surface area contributed by atoms with E-state index in [2.05, 4.69) is 42.0 Å². The first-order valence-corrected chi connectivity index (χ1v) is 8.40. The molecule has 0 saturated carbocycles. The van der Waals surface area contributed by atoms with Crippen LogP contribution in [0.15, 0.2) is 11.4 Å². The van der Waals surface area contributed by atoms with Crippen LogP contribution in [0.1, 0.15) is 24.3 Å². The molecule has 100 valence electrons. The summed E-state index contributed by atoms with van der Waals surface area (Å²) in [5.74, 6) is 8.25. The molecule has 1 aromatic rings. The van der Waals surface area contributed by atoms with Gasteiger partial charge in [-0.1, -0.05) is 25.7 Å². The van der Waals surface area contributed by atoms with Crippen molar-refractivity contribution in [3.63, 3.8) is 0 Å². The maximum Gasteiger partial charge on any atom is 0.0555 e. The molecule has 0 fully saturated rings. The summed E-state index contributed by atoms with van der Waals surface area (Å²) >= 11 is 3.79. The van der Waals surface area contributed by atoms with E-state index in [0.717, 1.165) is 24.4 Å². The number of nitrogens with zero attached hydrogens (tertiary/aromatic N) is 1. The second-order valence-corrected chi connectivity index (χ2v) is 5.99. The molecule has 1 aromatic heterocycles. The van der Waals surface area contributed by atoms with Gasteiger partial charge in [-0.2, -0.15) is 11.8 Å². The fourth-order valence-electron chi connectivity index (χ4n) is 1.58. The smallest absolute Gasteiger partial charge is 0.0555 e. The van der Waals surface area contributed by atoms with Gasteiger partial charge in [0.05, 0.1) is 6.54 Å². The third kappa shape index (κ3) is 5.92. The lowest BCUT2D eigenvalue weighted by Gasteiger charge is -2.17. The van der Waals surface area contributed by atoms with Crippen LogP contribution in [-0.4, -0.2) is 36.8 Å². The Hall–Kier alpha value is -0.470. The topological polar surface area (TPSA) is 29.3 Å². The molecule has 0 radical (unpaired) electrons. The van der Waals surface area contributed by atoms with Crippen LogP contribution in [0.5, 0.6) is 0 Å². The van der Waals surface area contributed by atoms with E-state index in [1.165, 1.54) is 17.2 Å². The van der Waals surface area contributed by atoms with Gasteiger partial charge in [-0.25, -0.2) is 0 Å². The summed E-state index contributed by atoms with van der Waals surface area (Å²) in [5, 5.41) is 2.11. The average Bonchev–Trinajstić information content (AvgIpc) is 2.84. The van der Waals surface area contributed by atoms with E-state index in [9.17, 15) is 0 Å². The van der Waals surface area contributed by atoms with Gasteiger partial charge in [-0.15, -0.1) is 11.3 Å². The maximum absolute atomic E-state index is 5.36. The van der Waals surface area contributed by atoms with Gasteiger partial charge in [0, 0.05) is 33.9 Å². The van der Waals surface area contributed by atoms with Crippen molar-refractivity contribution in [2.24, 2.45) is 5.73 Å². The molecule has 2 N–H and O–H groups in total. The fraction of sp³-hybridized carbons (Fsp3) is 0.571. The second kappa shape index (κ2) is 9.46. The van der Waals surface area contributed by atoms with E-state index in [1.54, 1.807) is 11.3 Å². The molecule has 1 rings (SSSR count). The Labute approximate surface area is 119 Å². The van der Waals surface area contributed by atoms with Crippen LogP contribution in [0, 0.1) is 11.8 Å². The average molecular weight is 282 g/mol. The Morgan fingerprint density at radius 1 is 1.39 bits per heavy atom. The summed E-state index contributed by atoms with van der Waals surface area (Å²) in [6, 6.07) is 2.18. The van der Waals surface area contributed by atoms with Crippen LogP contribution in [0.4, 0.5) is 0 Å². The van der Waals surface area contributed by atoms with Crippen LogP contribution in [0.2, 0.25) is 0 Å². The molecule has 18 heavy (non-hydrogen) atoms. The zero-order chi connectivity index (χ0) is 13.2. The molecule has 0 aliphatic rings. The molecule has 0 atom stereocenters. The Balaban J connectivity index is 2.25. The monoisotopic (exact) mass is 282 g/mol. The Bertz CT molecular complexity index is 386. The number of rotatable bonds is 7. The zero-order valence-electron chi connectivity index (χ0n) is 11.2. The summed E-state index contributed by atoms with van der Waals surface area (Å²) in [4.78, 5) is 3.86. The SMILES string of the molecule is CCN(CC)CCSCc1cc(C#CCN)cs1. The highest BCUT2D eigenvalue weighted by Gasteiger charge is 2.01. The highest BCUT2D eigenvalue weighted by Crippen LogP contribution is 2.20. The van der Waals surface area contributed by atoms with E-state index in [0.29, 0.717) is 6.54 Å². The van der Waals surface area contributed by atoms with Gasteiger partial charge in [0.25, 0.3) is 0 Å². The van der Waals surface area contributed by atoms with Gasteiger partial charge in [0.1, 0.15) is 0 Å². The van der Waals surface area contributed by atoms with Crippen molar-refractivity contribution >= 4 is 23.1 Å². The van der Waals surface area contributed by atoms with Crippen LogP contribution < -0.4 is 5.73 Å². The van der Waals surface area contributed by atoms with Crippen molar-refractivity contribution in [2.75, 3.05) is 31.9 Å². The number of hydrogen-bond donors (Lipinski definition) is 1. The minimum atomic E-state index is 0.434. The van der Waals surface area contributed by atoms with Crippen molar-refractivity contribution < 1.29 is 0 Å². The Kier molecular flexibility index (Phi) is 8.19. The minimum absolute atomic E-state index is 0.434. The minimum Gasteiger partial charge on any atom is -0.320 e. The zero-order valence-corrected chi connectivity index (χ0v) is 12.9. The van der Waals surface area contributed by atoms with Crippen LogP contribution in [0.3, 0.4) is 0 Å². The van der Waals surface area contributed by atoms with Crippen LogP contribution in [0.25, 0.3) is 0 Å². The lowest BCUT2D eigenvalue weighted by Crippen LogP contribution is -2.25. The lowest BCUT2D eigenvalue weighted by molar-refractivity contribution is 0.324. The molecule has 0 saturated heterocycles. The molecule has 0 amide bonds. The van der Waals surface area contributed by atoms with Crippen molar-refractivity contribution in [3.8, 4) is 11.8 Å². The molecule has 0 aliphatic carbocycles. The van der Waals surface area contributed by atoms with Crippen LogP contribution in [-0.2, 0) is 5.75 Å². The lowest BCUT2D eigenvalue weighted by atomic mass is 10.3. The summed E-state index contributed by atoms with van der Waals surface area (Å²) in [5.41, 5.74) is 6.46. The highest BCUT2D eigenvalue weighted by atomic mass is 32.2. The van der Waals surface area contributed by atoms with Gasteiger partial charge in [-0.3, -0.25) is 0 Å². The molecule has 0 spiro atoms. The molecule has 0 bridgehead atoms. The summed E-state index contributed by atoms with van der Waals surface area (Å²) in [7, 11) is 0. The van der Waals surface area contributed by atoms with E-state index in [-0.39, 0.29) is 0 Å². The third-order valence-corrected chi connectivity index (χ3v) is 4.78. The first-order valence-electron chi connectivity index (χ1n) is 6.36. The molecule has 0 aromatic carbocycles. The maximum atomic E-state index is 5.36. The molecule has 4 heteroatoms. The van der Waals surface area contributed by atoms with Gasteiger partial charge >= 0.3 is 0 Å². The van der Waals surface area contributed by atoms with Gasteiger partial charge in [-0.05, 0) is 19.2 Å². The fourth-order valence-corrected chi connectivity index (χ4v) is 3.52. The Morgan fingerprint density at radius 3 is 2.83 bits per heavy atom. The summed E-state index contributed by atoms with van der Waals surface area (Å²) in [6.07, 6.45) is 0. The predicted molar refractivity (Wildman–Crippen MR) is 84.2 cm³/mol. The van der Waals surface area contributed by atoms with Crippen molar-refractivity contribution in [3.05, 3.63) is 21.9 Å². The van der Waals surface area contributed by atoms with Crippen molar-refractivity contribution in [1.29, 1.82) is 0 Å².